The number of aryl methyl sites for hydroxylation is 1. The van der Waals surface area contributed by atoms with Crippen molar-refractivity contribution in [2.24, 2.45) is 0 Å². The summed E-state index contributed by atoms with van der Waals surface area (Å²) in [5.41, 5.74) is 2.57. The predicted octanol–water partition coefficient (Wildman–Crippen LogP) is 4.54. The quantitative estimate of drug-likeness (QED) is 0.757. The fraction of sp³-hybridized carbons (Fsp3) is 0.294. The number of rotatable bonds is 7. The van der Waals surface area contributed by atoms with Gasteiger partial charge in [0.2, 0.25) is 0 Å². The normalized spacial score (nSPS) is 10.8. The molecule has 21 heavy (non-hydrogen) atoms. The summed E-state index contributed by atoms with van der Waals surface area (Å²) in [6.45, 7) is 4.54. The molecule has 0 heterocycles. The lowest BCUT2D eigenvalue weighted by atomic mass is 10.1. The van der Waals surface area contributed by atoms with Gasteiger partial charge in [-0.2, -0.15) is 0 Å². The van der Waals surface area contributed by atoms with E-state index in [0.29, 0.717) is 0 Å². The van der Waals surface area contributed by atoms with Crippen molar-refractivity contribution < 1.29 is 4.74 Å². The Morgan fingerprint density at radius 3 is 2.81 bits per heavy atom. The Kier molecular flexibility index (Phi) is 6.58. The molecule has 0 aliphatic heterocycles. The molecular weight excluding hydrogens is 302 g/mol. The lowest BCUT2D eigenvalue weighted by Gasteiger charge is -2.11. The van der Waals surface area contributed by atoms with Crippen LogP contribution in [0.5, 0.6) is 0 Å². The Morgan fingerprint density at radius 1 is 1.19 bits per heavy atom. The van der Waals surface area contributed by atoms with E-state index in [9.17, 15) is 0 Å². The summed E-state index contributed by atoms with van der Waals surface area (Å²) in [4.78, 5) is 2.41. The van der Waals surface area contributed by atoms with Gasteiger partial charge in [0.05, 0.1) is 6.61 Å². The second-order valence-electron chi connectivity index (χ2n) is 4.84. The molecule has 0 unspecified atom stereocenters. The summed E-state index contributed by atoms with van der Waals surface area (Å²) >= 11 is 7.80. The molecule has 0 radical (unpaired) electrons. The molecule has 0 atom stereocenters. The Labute approximate surface area is 135 Å². The molecule has 2 nitrogen and oxygen atoms in total. The summed E-state index contributed by atoms with van der Waals surface area (Å²) < 4.78 is 5.06. The van der Waals surface area contributed by atoms with Crippen LogP contribution in [0.4, 0.5) is 0 Å². The molecule has 0 spiro atoms. The van der Waals surface area contributed by atoms with Gasteiger partial charge in [0, 0.05) is 35.0 Å². The highest BCUT2D eigenvalue weighted by Gasteiger charge is 2.05. The summed E-state index contributed by atoms with van der Waals surface area (Å²) in [6.07, 6.45) is 0. The van der Waals surface area contributed by atoms with Crippen LogP contribution < -0.4 is 5.32 Å². The summed E-state index contributed by atoms with van der Waals surface area (Å²) in [5.74, 6) is 0. The maximum absolute atomic E-state index is 6.05. The third-order valence-electron chi connectivity index (χ3n) is 3.04. The Morgan fingerprint density at radius 2 is 2.05 bits per heavy atom. The number of benzene rings is 2. The Hall–Kier alpha value is -1.00. The minimum Gasteiger partial charge on any atom is -0.383 e. The van der Waals surface area contributed by atoms with Crippen LogP contribution >= 0.6 is 23.4 Å². The topological polar surface area (TPSA) is 21.3 Å². The first-order chi connectivity index (χ1) is 10.2. The minimum atomic E-state index is 0.725. The lowest BCUT2D eigenvalue weighted by molar-refractivity contribution is 0.199. The zero-order valence-corrected chi connectivity index (χ0v) is 13.9. The summed E-state index contributed by atoms with van der Waals surface area (Å²) in [6, 6.07) is 14.5. The van der Waals surface area contributed by atoms with Crippen molar-refractivity contribution in [3.05, 3.63) is 58.6 Å². The SMILES string of the molecule is COCCNCc1cc(C)ccc1Sc1cccc(Cl)c1. The monoisotopic (exact) mass is 321 g/mol. The van der Waals surface area contributed by atoms with Gasteiger partial charge in [-0.1, -0.05) is 47.1 Å². The van der Waals surface area contributed by atoms with Crippen molar-refractivity contribution >= 4 is 23.4 Å². The fourth-order valence-electron chi connectivity index (χ4n) is 2.00. The second-order valence-corrected chi connectivity index (χ2v) is 6.39. The smallest absolute Gasteiger partial charge is 0.0587 e. The molecule has 0 saturated carbocycles. The van der Waals surface area contributed by atoms with E-state index >= 15 is 0 Å². The average Bonchev–Trinajstić information content (AvgIpc) is 2.46. The number of hydrogen-bond acceptors (Lipinski definition) is 3. The first-order valence-electron chi connectivity index (χ1n) is 6.91. The zero-order chi connectivity index (χ0) is 15.1. The second kappa shape index (κ2) is 8.44. The lowest BCUT2D eigenvalue weighted by Crippen LogP contribution is -2.19. The molecule has 2 aromatic rings. The van der Waals surface area contributed by atoms with Crippen molar-refractivity contribution in [2.75, 3.05) is 20.3 Å². The minimum absolute atomic E-state index is 0.725. The first kappa shape index (κ1) is 16.4. The standard InChI is InChI=1S/C17H20ClNOS/c1-13-6-7-17(14(10-13)12-19-8-9-20-2)21-16-5-3-4-15(18)11-16/h3-7,10-11,19H,8-9,12H2,1-2H3. The summed E-state index contributed by atoms with van der Waals surface area (Å²) in [5, 5.41) is 4.17. The molecule has 0 bridgehead atoms. The highest BCUT2D eigenvalue weighted by atomic mass is 35.5. The van der Waals surface area contributed by atoms with Gasteiger partial charge in [-0.15, -0.1) is 0 Å². The average molecular weight is 322 g/mol. The number of ether oxygens (including phenoxy) is 1. The van der Waals surface area contributed by atoms with E-state index in [4.69, 9.17) is 16.3 Å². The summed E-state index contributed by atoms with van der Waals surface area (Å²) in [7, 11) is 1.72. The molecule has 1 N–H and O–H groups in total. The Balaban J connectivity index is 2.10. The van der Waals surface area contributed by atoms with Crippen LogP contribution in [0, 0.1) is 6.92 Å². The van der Waals surface area contributed by atoms with Gasteiger partial charge in [-0.25, -0.2) is 0 Å². The largest absolute Gasteiger partial charge is 0.383 e. The predicted molar refractivity (Wildman–Crippen MR) is 90.3 cm³/mol. The van der Waals surface area contributed by atoms with Gasteiger partial charge >= 0.3 is 0 Å². The molecule has 0 aliphatic carbocycles. The van der Waals surface area contributed by atoms with Crippen LogP contribution in [0.15, 0.2) is 52.3 Å². The van der Waals surface area contributed by atoms with E-state index in [1.807, 2.05) is 18.2 Å². The number of methoxy groups -OCH3 is 1. The molecule has 0 amide bonds. The first-order valence-corrected chi connectivity index (χ1v) is 8.11. The van der Waals surface area contributed by atoms with Crippen LogP contribution in [-0.4, -0.2) is 20.3 Å². The van der Waals surface area contributed by atoms with Gasteiger partial charge in [0.15, 0.2) is 0 Å². The van der Waals surface area contributed by atoms with Crippen molar-refractivity contribution in [3.8, 4) is 0 Å². The van der Waals surface area contributed by atoms with Crippen LogP contribution in [0.3, 0.4) is 0 Å². The molecule has 0 fully saturated rings. The van der Waals surface area contributed by atoms with Gasteiger partial charge < -0.3 is 10.1 Å². The number of hydrogen-bond donors (Lipinski definition) is 1. The van der Waals surface area contributed by atoms with E-state index in [1.165, 1.54) is 16.0 Å². The molecule has 4 heteroatoms. The van der Waals surface area contributed by atoms with E-state index in [-0.39, 0.29) is 0 Å². The zero-order valence-electron chi connectivity index (χ0n) is 12.4. The van der Waals surface area contributed by atoms with Gasteiger partial charge in [0.1, 0.15) is 0 Å². The highest BCUT2D eigenvalue weighted by Crippen LogP contribution is 2.32. The molecule has 2 rings (SSSR count). The van der Waals surface area contributed by atoms with Crippen molar-refractivity contribution in [1.82, 2.24) is 5.32 Å². The van der Waals surface area contributed by atoms with Crippen molar-refractivity contribution in [2.45, 2.75) is 23.3 Å². The van der Waals surface area contributed by atoms with Gasteiger partial charge in [-0.3, -0.25) is 0 Å². The van der Waals surface area contributed by atoms with Gasteiger partial charge in [-0.05, 0) is 36.8 Å². The Bertz CT molecular complexity index is 589. The van der Waals surface area contributed by atoms with Crippen LogP contribution in [0.2, 0.25) is 5.02 Å². The van der Waals surface area contributed by atoms with Crippen molar-refractivity contribution in [3.63, 3.8) is 0 Å². The molecule has 112 valence electrons. The molecule has 0 saturated heterocycles. The van der Waals surface area contributed by atoms with Crippen LogP contribution in [-0.2, 0) is 11.3 Å². The highest BCUT2D eigenvalue weighted by molar-refractivity contribution is 7.99. The maximum atomic E-state index is 6.05. The third kappa shape index (κ3) is 5.36. The van der Waals surface area contributed by atoms with Crippen molar-refractivity contribution in [1.29, 1.82) is 0 Å². The molecule has 0 aromatic heterocycles. The molecule has 0 aliphatic rings. The van der Waals surface area contributed by atoms with Crippen LogP contribution in [0.1, 0.15) is 11.1 Å². The number of nitrogens with one attached hydrogen (secondary N) is 1. The third-order valence-corrected chi connectivity index (χ3v) is 4.38. The van der Waals surface area contributed by atoms with E-state index in [0.717, 1.165) is 29.6 Å². The van der Waals surface area contributed by atoms with E-state index < -0.39 is 0 Å². The maximum Gasteiger partial charge on any atom is 0.0587 e. The fourth-order valence-corrected chi connectivity index (χ4v) is 3.24. The molecular formula is C17H20ClNOS. The van der Waals surface area contributed by atoms with E-state index in [1.54, 1.807) is 18.9 Å². The van der Waals surface area contributed by atoms with E-state index in [2.05, 4.69) is 36.5 Å². The van der Waals surface area contributed by atoms with Gasteiger partial charge in [0.25, 0.3) is 0 Å². The molecule has 2 aromatic carbocycles. The number of halogens is 1. The van der Waals surface area contributed by atoms with Crippen LogP contribution in [0.25, 0.3) is 0 Å².